The van der Waals surface area contributed by atoms with Crippen LogP contribution in [0.25, 0.3) is 49.9 Å². The van der Waals surface area contributed by atoms with E-state index < -0.39 is 0 Å². The van der Waals surface area contributed by atoms with E-state index in [-0.39, 0.29) is 11.0 Å². The van der Waals surface area contributed by atoms with E-state index in [2.05, 4.69) is 173 Å². The second-order valence-electron chi connectivity index (χ2n) is 12.5. The number of pyridine rings is 1. The summed E-state index contributed by atoms with van der Waals surface area (Å²) in [4.78, 5) is 7.91. The van der Waals surface area contributed by atoms with Crippen LogP contribution in [-0.4, -0.2) is 15.1 Å². The van der Waals surface area contributed by atoms with Crippen molar-refractivity contribution in [2.45, 2.75) is 17.4 Å². The monoisotopic (exact) mass is 575 g/mol. The Bertz CT molecular complexity index is 2370. The molecule has 2 atom stereocenters. The van der Waals surface area contributed by atoms with Crippen LogP contribution in [0.2, 0.25) is 0 Å². The Labute approximate surface area is 262 Å². The predicted molar refractivity (Wildman–Crippen MR) is 185 cm³/mol. The lowest BCUT2D eigenvalue weighted by Crippen LogP contribution is -2.33. The molecule has 0 radical (unpaired) electrons. The number of anilines is 2. The van der Waals surface area contributed by atoms with E-state index in [0.29, 0.717) is 0 Å². The van der Waals surface area contributed by atoms with Gasteiger partial charge in [0.05, 0.1) is 22.3 Å². The van der Waals surface area contributed by atoms with E-state index in [0.717, 1.165) is 23.5 Å². The standard InChI is InChI=1S/C42H29N3/c1-3-13-29(14-4-1)30-15-11-16-31(25-30)36-20-12-22-40(43-36)45-39-27-38-34(26-35(39)41-23-9-10-24-42(41,45)28-41)33-19-7-8-21-37(33)44(38)32-17-5-2-6-18-32/h1-27H,28H2. The average Bonchev–Trinajstić information content (AvgIpc) is 3.61. The molecule has 0 spiro atoms. The molecule has 3 heterocycles. The van der Waals surface area contributed by atoms with Crippen molar-refractivity contribution in [3.8, 4) is 28.1 Å². The smallest absolute Gasteiger partial charge is 0.134 e. The largest absolute Gasteiger partial charge is 0.315 e. The highest BCUT2D eigenvalue weighted by molar-refractivity contribution is 6.11. The first-order valence-corrected chi connectivity index (χ1v) is 15.7. The van der Waals surface area contributed by atoms with E-state index in [4.69, 9.17) is 4.98 Å². The van der Waals surface area contributed by atoms with Crippen LogP contribution in [0.4, 0.5) is 11.5 Å². The SMILES string of the molecule is C1=CC23CC2(C=C1)N(c1cccc(-c2cccc(-c4ccccc4)c2)n1)c1cc2c(cc13)c1ccccc1n2-c1ccccc1. The third-order valence-electron chi connectivity index (χ3n) is 10.2. The molecule has 0 bridgehead atoms. The zero-order chi connectivity index (χ0) is 29.6. The number of hydrogen-bond donors (Lipinski definition) is 0. The zero-order valence-corrected chi connectivity index (χ0v) is 24.6. The topological polar surface area (TPSA) is 21.1 Å². The van der Waals surface area contributed by atoms with Gasteiger partial charge in [-0.3, -0.25) is 0 Å². The summed E-state index contributed by atoms with van der Waals surface area (Å²) in [5, 5.41) is 2.58. The zero-order valence-electron chi connectivity index (χ0n) is 24.6. The Balaban J connectivity index is 1.18. The van der Waals surface area contributed by atoms with Crippen molar-refractivity contribution in [2.24, 2.45) is 0 Å². The van der Waals surface area contributed by atoms with E-state index in [1.54, 1.807) is 0 Å². The number of para-hydroxylation sites is 2. The van der Waals surface area contributed by atoms with E-state index in [1.165, 1.54) is 49.9 Å². The van der Waals surface area contributed by atoms with Crippen molar-refractivity contribution in [1.29, 1.82) is 0 Å². The molecule has 1 aliphatic heterocycles. The highest BCUT2D eigenvalue weighted by Crippen LogP contribution is 2.73. The number of hydrogen-bond acceptors (Lipinski definition) is 2. The lowest BCUT2D eigenvalue weighted by Gasteiger charge is -2.29. The normalized spacial score (nSPS) is 20.8. The quantitative estimate of drug-likeness (QED) is 0.208. The number of aromatic nitrogens is 2. The van der Waals surface area contributed by atoms with E-state index >= 15 is 0 Å². The van der Waals surface area contributed by atoms with Crippen LogP contribution >= 0.6 is 0 Å². The second kappa shape index (κ2) is 8.93. The molecule has 5 aromatic carbocycles. The van der Waals surface area contributed by atoms with Crippen molar-refractivity contribution >= 4 is 33.3 Å². The van der Waals surface area contributed by atoms with Crippen LogP contribution in [0, 0.1) is 0 Å². The van der Waals surface area contributed by atoms with Gasteiger partial charge in [0.25, 0.3) is 0 Å². The van der Waals surface area contributed by atoms with E-state index in [1.807, 2.05) is 0 Å². The fourth-order valence-electron chi connectivity index (χ4n) is 8.14. The maximum Gasteiger partial charge on any atom is 0.134 e. The van der Waals surface area contributed by atoms with Crippen molar-refractivity contribution in [1.82, 2.24) is 9.55 Å². The Hall–Kier alpha value is -5.67. The van der Waals surface area contributed by atoms with Crippen LogP contribution in [0.3, 0.4) is 0 Å². The molecule has 2 aliphatic carbocycles. The molecule has 10 rings (SSSR count). The van der Waals surface area contributed by atoms with Gasteiger partial charge in [-0.1, -0.05) is 115 Å². The van der Waals surface area contributed by atoms with Gasteiger partial charge in [-0.25, -0.2) is 4.98 Å². The number of fused-ring (bicyclic) bond motifs is 4. The van der Waals surface area contributed by atoms with Gasteiger partial charge < -0.3 is 9.47 Å². The number of nitrogens with zero attached hydrogens (tertiary/aromatic N) is 3. The first kappa shape index (κ1) is 24.7. The predicted octanol–water partition coefficient (Wildman–Crippen LogP) is 10.2. The van der Waals surface area contributed by atoms with Crippen LogP contribution < -0.4 is 4.90 Å². The summed E-state index contributed by atoms with van der Waals surface area (Å²) < 4.78 is 2.41. The molecule has 0 N–H and O–H groups in total. The number of rotatable bonds is 4. The molecule has 7 aromatic rings. The molecule has 45 heavy (non-hydrogen) atoms. The molecule has 3 heteroatoms. The van der Waals surface area contributed by atoms with Gasteiger partial charge >= 0.3 is 0 Å². The van der Waals surface area contributed by atoms with Gasteiger partial charge in [-0.15, -0.1) is 0 Å². The van der Waals surface area contributed by atoms with Crippen LogP contribution in [-0.2, 0) is 5.41 Å². The molecule has 3 nitrogen and oxygen atoms in total. The van der Waals surface area contributed by atoms with Crippen molar-refractivity contribution in [2.75, 3.05) is 4.90 Å². The fourth-order valence-corrected chi connectivity index (χ4v) is 8.14. The first-order chi connectivity index (χ1) is 22.3. The van der Waals surface area contributed by atoms with E-state index in [9.17, 15) is 0 Å². The fraction of sp³-hybridized carbons (Fsp3) is 0.0714. The van der Waals surface area contributed by atoms with Crippen LogP contribution in [0.5, 0.6) is 0 Å². The maximum absolute atomic E-state index is 5.38. The molecule has 0 saturated heterocycles. The Morgan fingerprint density at radius 3 is 2.18 bits per heavy atom. The molecule has 0 amide bonds. The lowest BCUT2D eigenvalue weighted by atomic mass is 9.89. The maximum atomic E-state index is 5.38. The highest BCUT2D eigenvalue weighted by atomic mass is 15.3. The summed E-state index contributed by atoms with van der Waals surface area (Å²) in [6.07, 6.45) is 10.3. The minimum absolute atomic E-state index is 0.0495. The molecule has 212 valence electrons. The molecule has 3 aliphatic rings. The minimum atomic E-state index is -0.145. The van der Waals surface area contributed by atoms with Crippen LogP contribution in [0.1, 0.15) is 12.0 Å². The molecule has 2 aromatic heterocycles. The molecular weight excluding hydrogens is 546 g/mol. The summed E-state index contributed by atoms with van der Waals surface area (Å²) >= 11 is 0. The van der Waals surface area contributed by atoms with Crippen LogP contribution in [0.15, 0.2) is 164 Å². The van der Waals surface area contributed by atoms with Gasteiger partial charge in [0, 0.05) is 33.1 Å². The molecule has 1 fully saturated rings. The third-order valence-corrected chi connectivity index (χ3v) is 10.2. The van der Waals surface area contributed by atoms with Gasteiger partial charge in [-0.05, 0) is 71.6 Å². The summed E-state index contributed by atoms with van der Waals surface area (Å²) in [7, 11) is 0. The average molecular weight is 576 g/mol. The van der Waals surface area contributed by atoms with Gasteiger partial charge in [-0.2, -0.15) is 0 Å². The Morgan fingerprint density at radius 2 is 1.29 bits per heavy atom. The molecule has 1 saturated carbocycles. The minimum Gasteiger partial charge on any atom is -0.315 e. The highest BCUT2D eigenvalue weighted by Gasteiger charge is 2.74. The first-order valence-electron chi connectivity index (χ1n) is 15.7. The summed E-state index contributed by atoms with van der Waals surface area (Å²) in [6, 6.07) is 50.2. The second-order valence-corrected chi connectivity index (χ2v) is 12.5. The lowest BCUT2D eigenvalue weighted by molar-refractivity contribution is 0.734. The van der Waals surface area contributed by atoms with Crippen molar-refractivity contribution < 1.29 is 0 Å². The number of benzene rings is 5. The Morgan fingerprint density at radius 1 is 0.556 bits per heavy atom. The van der Waals surface area contributed by atoms with Crippen molar-refractivity contribution in [3.63, 3.8) is 0 Å². The molecule has 2 unspecified atom stereocenters. The van der Waals surface area contributed by atoms with Gasteiger partial charge in [0.1, 0.15) is 5.82 Å². The summed E-state index contributed by atoms with van der Waals surface area (Å²) in [5.74, 6) is 0.986. The number of allylic oxidation sites excluding steroid dienone is 2. The Kier molecular flexibility index (Phi) is 4.91. The summed E-state index contributed by atoms with van der Waals surface area (Å²) in [5.41, 5.74) is 10.6. The summed E-state index contributed by atoms with van der Waals surface area (Å²) in [6.45, 7) is 0. The molecular formula is C42H29N3. The third kappa shape index (κ3) is 3.33. The van der Waals surface area contributed by atoms with Gasteiger partial charge in [0.2, 0.25) is 0 Å². The van der Waals surface area contributed by atoms with Crippen molar-refractivity contribution in [3.05, 3.63) is 169 Å². The van der Waals surface area contributed by atoms with Gasteiger partial charge in [0.15, 0.2) is 0 Å².